The first kappa shape index (κ1) is 21.2. The summed E-state index contributed by atoms with van der Waals surface area (Å²) in [6, 6.07) is 11.9. The third kappa shape index (κ3) is 5.30. The highest BCUT2D eigenvalue weighted by Crippen LogP contribution is 2.36. The Morgan fingerprint density at radius 3 is 2.79 bits per heavy atom. The van der Waals surface area contributed by atoms with Gasteiger partial charge in [0, 0.05) is 17.9 Å². The van der Waals surface area contributed by atoms with Crippen molar-refractivity contribution >= 4 is 39.1 Å². The standard InChI is InChI=1S/C20H22N2O5S2/c1-13-20(24)22-17-11-16(6-7-18(17)28-13)29(25,26)9-8-19(23)21-12-14-4-3-5-15(10-14)27-2/h3-7,10-11,13H,8-9,12H2,1-2H3,(H,21,23)(H,22,24)/t13-/m0/s1. The summed E-state index contributed by atoms with van der Waals surface area (Å²) >= 11 is 1.38. The Bertz CT molecular complexity index is 1040. The van der Waals surface area contributed by atoms with Crippen LogP contribution in [-0.4, -0.2) is 38.3 Å². The zero-order chi connectivity index (χ0) is 21.0. The number of nitrogens with one attached hydrogen (secondary N) is 2. The molecule has 7 nitrogen and oxygen atoms in total. The quantitative estimate of drug-likeness (QED) is 0.695. The summed E-state index contributed by atoms with van der Waals surface area (Å²) < 4.78 is 30.4. The number of carbonyl (C=O) groups excluding carboxylic acids is 2. The molecule has 1 aliphatic heterocycles. The maximum absolute atomic E-state index is 12.6. The van der Waals surface area contributed by atoms with Crippen molar-refractivity contribution in [3.05, 3.63) is 48.0 Å². The van der Waals surface area contributed by atoms with Gasteiger partial charge in [-0.3, -0.25) is 9.59 Å². The van der Waals surface area contributed by atoms with Crippen molar-refractivity contribution in [1.82, 2.24) is 5.32 Å². The molecule has 0 radical (unpaired) electrons. The van der Waals surface area contributed by atoms with Crippen molar-refractivity contribution < 1.29 is 22.7 Å². The van der Waals surface area contributed by atoms with Gasteiger partial charge in [-0.25, -0.2) is 8.42 Å². The lowest BCUT2D eigenvalue weighted by molar-refractivity contribution is -0.121. The Morgan fingerprint density at radius 2 is 2.03 bits per heavy atom. The normalized spacial score (nSPS) is 15.9. The highest BCUT2D eigenvalue weighted by Gasteiger charge is 2.25. The first-order valence-electron chi connectivity index (χ1n) is 9.02. The second-order valence-electron chi connectivity index (χ2n) is 6.60. The third-order valence-corrected chi connectivity index (χ3v) is 7.35. The summed E-state index contributed by atoms with van der Waals surface area (Å²) in [5.74, 6) is -0.139. The number of rotatable bonds is 7. The Balaban J connectivity index is 1.59. The van der Waals surface area contributed by atoms with Gasteiger partial charge in [0.25, 0.3) is 0 Å². The zero-order valence-electron chi connectivity index (χ0n) is 16.1. The van der Waals surface area contributed by atoms with Crippen molar-refractivity contribution in [2.75, 3.05) is 18.2 Å². The summed E-state index contributed by atoms with van der Waals surface area (Å²) in [4.78, 5) is 24.8. The Kier molecular flexibility index (Phi) is 6.49. The molecule has 29 heavy (non-hydrogen) atoms. The van der Waals surface area contributed by atoms with E-state index in [2.05, 4.69) is 10.6 Å². The van der Waals surface area contributed by atoms with Crippen LogP contribution in [0.15, 0.2) is 52.3 Å². The molecule has 3 rings (SSSR count). The van der Waals surface area contributed by atoms with Gasteiger partial charge in [0.2, 0.25) is 11.8 Å². The molecule has 2 aromatic carbocycles. The third-order valence-electron chi connectivity index (χ3n) is 4.46. The number of hydrogen-bond acceptors (Lipinski definition) is 6. The predicted molar refractivity (Wildman–Crippen MR) is 112 cm³/mol. The average Bonchev–Trinajstić information content (AvgIpc) is 2.71. The van der Waals surface area contributed by atoms with Crippen molar-refractivity contribution in [2.24, 2.45) is 0 Å². The van der Waals surface area contributed by atoms with E-state index in [4.69, 9.17) is 4.74 Å². The molecule has 0 saturated heterocycles. The molecule has 0 spiro atoms. The van der Waals surface area contributed by atoms with Crippen molar-refractivity contribution in [1.29, 1.82) is 0 Å². The molecule has 154 valence electrons. The fourth-order valence-electron chi connectivity index (χ4n) is 2.80. The highest BCUT2D eigenvalue weighted by molar-refractivity contribution is 8.01. The molecule has 0 aliphatic carbocycles. The van der Waals surface area contributed by atoms with Crippen LogP contribution in [0.4, 0.5) is 5.69 Å². The van der Waals surface area contributed by atoms with Gasteiger partial charge in [0.05, 0.1) is 28.7 Å². The maximum Gasteiger partial charge on any atom is 0.237 e. The Labute approximate surface area is 174 Å². The minimum atomic E-state index is -3.65. The van der Waals surface area contributed by atoms with Gasteiger partial charge >= 0.3 is 0 Å². The second kappa shape index (κ2) is 8.87. The van der Waals surface area contributed by atoms with Gasteiger partial charge < -0.3 is 15.4 Å². The Morgan fingerprint density at radius 1 is 1.24 bits per heavy atom. The van der Waals surface area contributed by atoms with Crippen LogP contribution in [0.5, 0.6) is 5.75 Å². The number of ether oxygens (including phenoxy) is 1. The van der Waals surface area contributed by atoms with Crippen LogP contribution in [0.2, 0.25) is 0 Å². The van der Waals surface area contributed by atoms with Gasteiger partial charge in [-0.1, -0.05) is 12.1 Å². The number of methoxy groups -OCH3 is 1. The van der Waals surface area contributed by atoms with Crippen LogP contribution in [0.1, 0.15) is 18.9 Å². The molecule has 2 amide bonds. The molecule has 1 heterocycles. The number of hydrogen-bond donors (Lipinski definition) is 2. The van der Waals surface area contributed by atoms with Crippen LogP contribution >= 0.6 is 11.8 Å². The first-order chi connectivity index (χ1) is 13.8. The molecular formula is C20H22N2O5S2. The van der Waals surface area contributed by atoms with Crippen molar-refractivity contribution in [2.45, 2.75) is 34.9 Å². The molecule has 1 aliphatic rings. The van der Waals surface area contributed by atoms with E-state index in [1.165, 1.54) is 23.9 Å². The van der Waals surface area contributed by atoms with E-state index in [9.17, 15) is 18.0 Å². The van der Waals surface area contributed by atoms with Crippen molar-refractivity contribution in [3.8, 4) is 5.75 Å². The van der Waals surface area contributed by atoms with Gasteiger partial charge in [-0.2, -0.15) is 0 Å². The molecule has 0 unspecified atom stereocenters. The number of benzene rings is 2. The lowest BCUT2D eigenvalue weighted by Crippen LogP contribution is -2.27. The fourth-order valence-corrected chi connectivity index (χ4v) is 4.99. The fraction of sp³-hybridized carbons (Fsp3) is 0.300. The molecule has 9 heteroatoms. The van der Waals surface area contributed by atoms with Crippen LogP contribution < -0.4 is 15.4 Å². The minimum Gasteiger partial charge on any atom is -0.497 e. The minimum absolute atomic E-state index is 0.0901. The summed E-state index contributed by atoms with van der Waals surface area (Å²) in [6.45, 7) is 2.08. The van der Waals surface area contributed by atoms with E-state index in [0.29, 0.717) is 11.4 Å². The molecule has 2 aromatic rings. The van der Waals surface area contributed by atoms with Crippen LogP contribution in [0.25, 0.3) is 0 Å². The van der Waals surface area contributed by atoms with Crippen LogP contribution in [0.3, 0.4) is 0 Å². The second-order valence-corrected chi connectivity index (χ2v) is 10.1. The highest BCUT2D eigenvalue weighted by atomic mass is 32.2. The van der Waals surface area contributed by atoms with Gasteiger partial charge in [0.1, 0.15) is 5.75 Å². The molecular weight excluding hydrogens is 412 g/mol. The molecule has 1 atom stereocenters. The molecule has 0 saturated carbocycles. The van der Waals surface area contributed by atoms with Crippen molar-refractivity contribution in [3.63, 3.8) is 0 Å². The number of thioether (sulfide) groups is 1. The van der Waals surface area contributed by atoms with E-state index in [-0.39, 0.29) is 40.7 Å². The monoisotopic (exact) mass is 434 g/mol. The summed E-state index contributed by atoms with van der Waals surface area (Å²) in [5.41, 5.74) is 1.35. The topological polar surface area (TPSA) is 102 Å². The summed E-state index contributed by atoms with van der Waals surface area (Å²) in [5, 5.41) is 5.21. The lowest BCUT2D eigenvalue weighted by Gasteiger charge is -2.21. The van der Waals surface area contributed by atoms with Crippen LogP contribution in [0, 0.1) is 0 Å². The molecule has 0 aromatic heterocycles. The smallest absolute Gasteiger partial charge is 0.237 e. The number of sulfone groups is 1. The number of anilines is 1. The summed E-state index contributed by atoms with van der Waals surface area (Å²) in [7, 11) is -2.09. The number of carbonyl (C=O) groups is 2. The van der Waals surface area contributed by atoms with E-state index in [1.54, 1.807) is 32.2 Å². The SMILES string of the molecule is COc1cccc(CNC(=O)CCS(=O)(=O)c2ccc3c(c2)NC(=O)[C@H](C)S3)c1. The van der Waals surface area contributed by atoms with Gasteiger partial charge in [-0.05, 0) is 42.8 Å². The van der Waals surface area contributed by atoms with E-state index >= 15 is 0 Å². The number of fused-ring (bicyclic) bond motifs is 1. The molecule has 0 bridgehead atoms. The van der Waals surface area contributed by atoms with Gasteiger partial charge in [-0.15, -0.1) is 11.8 Å². The first-order valence-corrected chi connectivity index (χ1v) is 11.6. The zero-order valence-corrected chi connectivity index (χ0v) is 17.7. The molecule has 2 N–H and O–H groups in total. The van der Waals surface area contributed by atoms with E-state index in [0.717, 1.165) is 10.5 Å². The van der Waals surface area contributed by atoms with Crippen LogP contribution in [-0.2, 0) is 26.0 Å². The molecule has 0 fully saturated rings. The summed E-state index contributed by atoms with van der Waals surface area (Å²) in [6.07, 6.45) is -0.151. The predicted octanol–water partition coefficient (Wildman–Crippen LogP) is 2.61. The number of amides is 2. The average molecular weight is 435 g/mol. The largest absolute Gasteiger partial charge is 0.497 e. The van der Waals surface area contributed by atoms with E-state index in [1.807, 2.05) is 12.1 Å². The Hall–Kier alpha value is -2.52. The lowest BCUT2D eigenvalue weighted by atomic mass is 10.2. The maximum atomic E-state index is 12.6. The van der Waals surface area contributed by atoms with Gasteiger partial charge in [0.15, 0.2) is 9.84 Å². The van der Waals surface area contributed by atoms with E-state index < -0.39 is 9.84 Å².